The number of hydrogen-bond acceptors (Lipinski definition) is 2. The molecule has 0 N–H and O–H groups in total. The highest BCUT2D eigenvalue weighted by Crippen LogP contribution is 2.42. The fourth-order valence-electron chi connectivity index (χ4n) is 2.55. The van der Waals surface area contributed by atoms with Crippen molar-refractivity contribution in [3.63, 3.8) is 0 Å². The number of likely N-dealkylation sites (tertiary alicyclic amines) is 1. The van der Waals surface area contributed by atoms with Crippen molar-refractivity contribution in [3.05, 3.63) is 0 Å². The van der Waals surface area contributed by atoms with E-state index < -0.39 is 0 Å². The van der Waals surface area contributed by atoms with E-state index >= 15 is 0 Å². The summed E-state index contributed by atoms with van der Waals surface area (Å²) >= 11 is 0. The van der Waals surface area contributed by atoms with Gasteiger partial charge < -0.3 is 4.90 Å². The van der Waals surface area contributed by atoms with Gasteiger partial charge in [-0.25, -0.2) is 0 Å². The Hall–Kier alpha value is -0.550. The van der Waals surface area contributed by atoms with Crippen molar-refractivity contribution in [2.75, 3.05) is 20.1 Å². The first-order valence-corrected chi connectivity index (χ1v) is 5.39. The maximum absolute atomic E-state index is 9.11. The minimum atomic E-state index is 0.364. The molecule has 2 aliphatic rings. The second kappa shape index (κ2) is 3.67. The number of piperidine rings is 1. The van der Waals surface area contributed by atoms with Crippen LogP contribution in [0.15, 0.2) is 0 Å². The van der Waals surface area contributed by atoms with Gasteiger partial charge in [-0.05, 0) is 51.1 Å². The minimum Gasteiger partial charge on any atom is -0.306 e. The molecule has 0 aromatic carbocycles. The van der Waals surface area contributed by atoms with Gasteiger partial charge in [0.25, 0.3) is 0 Å². The van der Waals surface area contributed by atoms with Crippen LogP contribution in [0.1, 0.15) is 25.7 Å². The van der Waals surface area contributed by atoms with Crippen LogP contribution in [0.4, 0.5) is 0 Å². The molecule has 2 heteroatoms. The molecular weight excluding hydrogens is 160 g/mol. The van der Waals surface area contributed by atoms with Gasteiger partial charge in [-0.3, -0.25) is 0 Å². The Kier molecular flexibility index (Phi) is 2.55. The third-order valence-electron chi connectivity index (χ3n) is 3.45. The van der Waals surface area contributed by atoms with Crippen LogP contribution < -0.4 is 0 Å². The third kappa shape index (κ3) is 2.03. The molecule has 1 heterocycles. The molecule has 1 aliphatic heterocycles. The summed E-state index contributed by atoms with van der Waals surface area (Å²) < 4.78 is 0. The van der Waals surface area contributed by atoms with Gasteiger partial charge in [0.2, 0.25) is 0 Å². The van der Waals surface area contributed by atoms with Gasteiger partial charge >= 0.3 is 0 Å². The predicted molar refractivity (Wildman–Crippen MR) is 52.0 cm³/mol. The Morgan fingerprint density at radius 1 is 1.31 bits per heavy atom. The average Bonchev–Trinajstić information content (AvgIpc) is 2.90. The third-order valence-corrected chi connectivity index (χ3v) is 3.45. The van der Waals surface area contributed by atoms with Gasteiger partial charge in [-0.2, -0.15) is 5.26 Å². The van der Waals surface area contributed by atoms with Gasteiger partial charge in [0, 0.05) is 6.54 Å². The van der Waals surface area contributed by atoms with Crippen LogP contribution in [-0.4, -0.2) is 25.0 Å². The Morgan fingerprint density at radius 2 is 2.08 bits per heavy atom. The zero-order valence-corrected chi connectivity index (χ0v) is 8.37. The van der Waals surface area contributed by atoms with Crippen molar-refractivity contribution in [1.82, 2.24) is 4.90 Å². The van der Waals surface area contributed by atoms with E-state index in [-0.39, 0.29) is 0 Å². The summed E-state index contributed by atoms with van der Waals surface area (Å²) in [6, 6.07) is 2.53. The summed E-state index contributed by atoms with van der Waals surface area (Å²) in [7, 11) is 2.17. The first-order chi connectivity index (χ1) is 6.31. The molecule has 0 aromatic rings. The van der Waals surface area contributed by atoms with Crippen LogP contribution in [0.25, 0.3) is 0 Å². The van der Waals surface area contributed by atoms with E-state index in [0.717, 1.165) is 12.5 Å². The lowest BCUT2D eigenvalue weighted by molar-refractivity contribution is 0.171. The molecule has 0 spiro atoms. The van der Waals surface area contributed by atoms with Crippen LogP contribution in [0.5, 0.6) is 0 Å². The van der Waals surface area contributed by atoms with Gasteiger partial charge in [0.05, 0.1) is 12.0 Å². The fourth-order valence-corrected chi connectivity index (χ4v) is 2.55. The summed E-state index contributed by atoms with van der Waals surface area (Å²) in [4.78, 5) is 2.38. The molecule has 2 atom stereocenters. The van der Waals surface area contributed by atoms with Crippen molar-refractivity contribution in [2.45, 2.75) is 25.7 Å². The van der Waals surface area contributed by atoms with E-state index in [0.29, 0.717) is 11.8 Å². The molecule has 0 radical (unpaired) electrons. The van der Waals surface area contributed by atoms with Gasteiger partial charge in [-0.1, -0.05) is 0 Å². The molecule has 1 saturated heterocycles. The van der Waals surface area contributed by atoms with E-state index in [2.05, 4.69) is 18.0 Å². The molecule has 13 heavy (non-hydrogen) atoms. The summed E-state index contributed by atoms with van der Waals surface area (Å²) in [6.07, 6.45) is 5.17. The monoisotopic (exact) mass is 178 g/mol. The summed E-state index contributed by atoms with van der Waals surface area (Å²) in [5, 5.41) is 9.11. The maximum atomic E-state index is 9.11. The summed E-state index contributed by atoms with van der Waals surface area (Å²) in [6.45, 7) is 2.37. The van der Waals surface area contributed by atoms with Crippen molar-refractivity contribution in [3.8, 4) is 6.07 Å². The van der Waals surface area contributed by atoms with Gasteiger partial charge in [0.1, 0.15) is 0 Å². The predicted octanol–water partition coefficient (Wildman–Crippen LogP) is 1.88. The topological polar surface area (TPSA) is 27.0 Å². The molecule has 2 rings (SSSR count). The molecule has 0 bridgehead atoms. The molecule has 1 aliphatic carbocycles. The summed E-state index contributed by atoms with van der Waals surface area (Å²) in [5.41, 5.74) is 0. The van der Waals surface area contributed by atoms with E-state index in [4.69, 9.17) is 5.26 Å². The Bertz CT molecular complexity index is 215. The Labute approximate surface area is 80.5 Å². The van der Waals surface area contributed by atoms with E-state index in [1.165, 1.54) is 32.2 Å². The van der Waals surface area contributed by atoms with Crippen molar-refractivity contribution < 1.29 is 0 Å². The maximum Gasteiger partial charge on any atom is 0.0662 e. The molecule has 72 valence electrons. The quantitative estimate of drug-likeness (QED) is 0.645. The van der Waals surface area contributed by atoms with E-state index in [9.17, 15) is 0 Å². The first kappa shape index (κ1) is 9.02. The van der Waals surface area contributed by atoms with Crippen molar-refractivity contribution in [2.24, 2.45) is 17.8 Å². The largest absolute Gasteiger partial charge is 0.306 e. The molecule has 2 unspecified atom stereocenters. The van der Waals surface area contributed by atoms with Crippen molar-refractivity contribution >= 4 is 0 Å². The first-order valence-electron chi connectivity index (χ1n) is 5.39. The molecule has 0 amide bonds. The Morgan fingerprint density at radius 3 is 2.62 bits per heavy atom. The fraction of sp³-hybridized carbons (Fsp3) is 0.909. The smallest absolute Gasteiger partial charge is 0.0662 e. The van der Waals surface area contributed by atoms with Crippen molar-refractivity contribution in [1.29, 1.82) is 5.26 Å². The van der Waals surface area contributed by atoms with Crippen LogP contribution in [-0.2, 0) is 0 Å². The van der Waals surface area contributed by atoms with Gasteiger partial charge in [0.15, 0.2) is 0 Å². The second-order valence-corrected chi connectivity index (χ2v) is 4.66. The molecule has 2 nitrogen and oxygen atoms in total. The zero-order valence-electron chi connectivity index (χ0n) is 8.37. The highest BCUT2D eigenvalue weighted by Gasteiger charge is 2.37. The van der Waals surface area contributed by atoms with E-state index in [1.54, 1.807) is 0 Å². The minimum absolute atomic E-state index is 0.364. The number of nitrogens with zero attached hydrogens (tertiary/aromatic N) is 2. The highest BCUT2D eigenvalue weighted by atomic mass is 15.1. The van der Waals surface area contributed by atoms with Crippen LogP contribution in [0, 0.1) is 29.1 Å². The van der Waals surface area contributed by atoms with E-state index in [1.807, 2.05) is 0 Å². The standard InChI is InChI=1S/C11H18N2/c1-13-6-2-3-10(8-13)11(7-12)9-4-5-9/h9-11H,2-6,8H2,1H3. The molecule has 1 saturated carbocycles. The zero-order chi connectivity index (χ0) is 9.26. The lowest BCUT2D eigenvalue weighted by atomic mass is 9.83. The average molecular weight is 178 g/mol. The van der Waals surface area contributed by atoms with Crippen LogP contribution in [0.2, 0.25) is 0 Å². The lowest BCUT2D eigenvalue weighted by Crippen LogP contribution is -2.36. The highest BCUT2D eigenvalue weighted by molar-refractivity contribution is 4.99. The Balaban J connectivity index is 1.93. The molecule has 0 aromatic heterocycles. The normalized spacial score (nSPS) is 32.5. The molecule has 2 fully saturated rings. The van der Waals surface area contributed by atoms with Gasteiger partial charge in [-0.15, -0.1) is 0 Å². The number of hydrogen-bond donors (Lipinski definition) is 0. The lowest BCUT2D eigenvalue weighted by Gasteiger charge is -2.32. The van der Waals surface area contributed by atoms with Crippen LogP contribution >= 0.6 is 0 Å². The molecular formula is C11H18N2. The number of nitriles is 1. The second-order valence-electron chi connectivity index (χ2n) is 4.66. The number of rotatable bonds is 2. The SMILES string of the molecule is CN1CCCC(C(C#N)C2CC2)C1. The summed E-state index contributed by atoms with van der Waals surface area (Å²) in [5.74, 6) is 1.78. The van der Waals surface area contributed by atoms with Crippen LogP contribution in [0.3, 0.4) is 0 Å².